The molecule has 0 aromatic heterocycles. The van der Waals surface area contributed by atoms with Gasteiger partial charge in [-0.1, -0.05) is 38.3 Å². The Kier molecular flexibility index (Phi) is 10.7. The number of ether oxygens (including phenoxy) is 1. The summed E-state index contributed by atoms with van der Waals surface area (Å²) in [5.74, 6) is -0.0825. The Morgan fingerprint density at radius 3 is 2.40 bits per heavy atom. The molecule has 0 saturated heterocycles. The van der Waals surface area contributed by atoms with Crippen LogP contribution < -0.4 is 0 Å². The molecule has 88 valence electrons. The van der Waals surface area contributed by atoms with Gasteiger partial charge in [0, 0.05) is 6.42 Å². The molecule has 0 aliphatic heterocycles. The maximum atomic E-state index is 10.8. The quantitative estimate of drug-likeness (QED) is 0.329. The van der Waals surface area contributed by atoms with Crippen LogP contribution in [0.1, 0.15) is 58.3 Å². The lowest BCUT2D eigenvalue weighted by Crippen LogP contribution is -1.98. The normalized spacial score (nSPS) is 10.8. The second-order valence-corrected chi connectivity index (χ2v) is 3.76. The van der Waals surface area contributed by atoms with Gasteiger partial charge in [0.1, 0.15) is 0 Å². The molecule has 0 aromatic rings. The van der Waals surface area contributed by atoms with Gasteiger partial charge in [0.25, 0.3) is 0 Å². The molecule has 0 unspecified atom stereocenters. The summed E-state index contributed by atoms with van der Waals surface area (Å²) in [5, 5.41) is 0. The first-order chi connectivity index (χ1) is 7.31. The number of unbranched alkanes of at least 4 members (excludes halogenated alkanes) is 5. The van der Waals surface area contributed by atoms with E-state index in [9.17, 15) is 4.79 Å². The zero-order valence-electron chi connectivity index (χ0n) is 10.1. The third kappa shape index (κ3) is 11.1. The van der Waals surface area contributed by atoms with Crippen molar-refractivity contribution in [1.82, 2.24) is 0 Å². The summed E-state index contributed by atoms with van der Waals surface area (Å²) in [6.07, 6.45) is 13.3. The van der Waals surface area contributed by atoms with Gasteiger partial charge < -0.3 is 4.74 Å². The van der Waals surface area contributed by atoms with E-state index in [1.165, 1.54) is 32.8 Å². The number of hydrogen-bond acceptors (Lipinski definition) is 2. The van der Waals surface area contributed by atoms with Gasteiger partial charge in [-0.2, -0.15) is 0 Å². The van der Waals surface area contributed by atoms with Crippen LogP contribution in [0, 0.1) is 0 Å². The summed E-state index contributed by atoms with van der Waals surface area (Å²) < 4.78 is 4.57. The third-order valence-electron chi connectivity index (χ3n) is 2.38. The topological polar surface area (TPSA) is 26.3 Å². The van der Waals surface area contributed by atoms with Crippen molar-refractivity contribution in [2.75, 3.05) is 7.11 Å². The largest absolute Gasteiger partial charge is 0.469 e. The molecule has 0 bridgehead atoms. The van der Waals surface area contributed by atoms with Crippen molar-refractivity contribution in [3.8, 4) is 0 Å². The first-order valence-electron chi connectivity index (χ1n) is 6.03. The first kappa shape index (κ1) is 14.2. The Morgan fingerprint density at radius 2 is 1.73 bits per heavy atom. The number of hydrogen-bond donors (Lipinski definition) is 0. The molecule has 0 saturated carbocycles. The molecule has 0 aliphatic carbocycles. The molecule has 0 atom stereocenters. The highest BCUT2D eigenvalue weighted by Crippen LogP contribution is 2.08. The van der Waals surface area contributed by atoms with Crippen LogP contribution in [0.3, 0.4) is 0 Å². The minimum absolute atomic E-state index is 0.0825. The van der Waals surface area contributed by atoms with E-state index in [0.29, 0.717) is 6.42 Å². The fourth-order valence-corrected chi connectivity index (χ4v) is 1.45. The van der Waals surface area contributed by atoms with Gasteiger partial charge in [0.15, 0.2) is 0 Å². The molecular formula is C13H24O2. The molecule has 0 spiro atoms. The summed E-state index contributed by atoms with van der Waals surface area (Å²) in [5.41, 5.74) is 0. The van der Waals surface area contributed by atoms with Crippen LogP contribution in [-0.2, 0) is 9.53 Å². The second-order valence-electron chi connectivity index (χ2n) is 3.76. The fourth-order valence-electron chi connectivity index (χ4n) is 1.45. The number of carbonyl (C=O) groups is 1. The predicted molar refractivity (Wildman–Crippen MR) is 63.8 cm³/mol. The number of esters is 1. The van der Waals surface area contributed by atoms with Gasteiger partial charge >= 0.3 is 5.97 Å². The Labute approximate surface area is 93.7 Å². The Bertz CT molecular complexity index is 173. The molecule has 0 aromatic carbocycles. The molecule has 0 heterocycles. The van der Waals surface area contributed by atoms with E-state index in [-0.39, 0.29) is 5.97 Å². The Hall–Kier alpha value is -0.790. The average molecular weight is 212 g/mol. The van der Waals surface area contributed by atoms with Crippen LogP contribution in [0.4, 0.5) is 0 Å². The third-order valence-corrected chi connectivity index (χ3v) is 2.38. The van der Waals surface area contributed by atoms with Crippen LogP contribution in [0.5, 0.6) is 0 Å². The van der Waals surface area contributed by atoms with Gasteiger partial charge in [0.05, 0.1) is 7.11 Å². The number of carbonyl (C=O) groups excluding carboxylic acids is 1. The van der Waals surface area contributed by atoms with Crippen molar-refractivity contribution in [3.63, 3.8) is 0 Å². The summed E-state index contributed by atoms with van der Waals surface area (Å²) in [4.78, 5) is 10.8. The van der Waals surface area contributed by atoms with Crippen LogP contribution in [0.25, 0.3) is 0 Å². The van der Waals surface area contributed by atoms with E-state index in [2.05, 4.69) is 23.8 Å². The van der Waals surface area contributed by atoms with Gasteiger partial charge in [-0.05, 0) is 25.7 Å². The van der Waals surface area contributed by atoms with Gasteiger partial charge in [-0.15, -0.1) is 0 Å². The van der Waals surface area contributed by atoms with E-state index in [4.69, 9.17) is 0 Å². The fraction of sp³-hybridized carbons (Fsp3) is 0.769. The van der Waals surface area contributed by atoms with Gasteiger partial charge in [0.2, 0.25) is 0 Å². The SMILES string of the molecule is CCC=CCCCCCCCC(=O)OC. The van der Waals surface area contributed by atoms with Crippen molar-refractivity contribution in [2.45, 2.75) is 58.3 Å². The monoisotopic (exact) mass is 212 g/mol. The van der Waals surface area contributed by atoms with Crippen molar-refractivity contribution in [2.24, 2.45) is 0 Å². The standard InChI is InChI=1S/C13H24O2/c1-3-4-5-6-7-8-9-10-11-12-13(14)15-2/h4-5H,3,6-12H2,1-2H3. The van der Waals surface area contributed by atoms with Crippen molar-refractivity contribution < 1.29 is 9.53 Å². The zero-order valence-corrected chi connectivity index (χ0v) is 10.1. The highest BCUT2D eigenvalue weighted by atomic mass is 16.5. The maximum Gasteiger partial charge on any atom is 0.305 e. The van der Waals surface area contributed by atoms with E-state index in [1.807, 2.05) is 0 Å². The summed E-state index contributed by atoms with van der Waals surface area (Å²) >= 11 is 0. The summed E-state index contributed by atoms with van der Waals surface area (Å²) in [6, 6.07) is 0. The molecule has 0 rings (SSSR count). The molecule has 2 heteroatoms. The minimum atomic E-state index is -0.0825. The summed E-state index contributed by atoms with van der Waals surface area (Å²) in [6.45, 7) is 2.16. The predicted octanol–water partition coefficient (Wildman–Crippen LogP) is 3.86. The van der Waals surface area contributed by atoms with Crippen molar-refractivity contribution in [1.29, 1.82) is 0 Å². The number of allylic oxidation sites excluding steroid dienone is 2. The van der Waals surface area contributed by atoms with E-state index in [0.717, 1.165) is 19.3 Å². The molecule has 0 amide bonds. The highest BCUT2D eigenvalue weighted by Gasteiger charge is 1.98. The Balaban J connectivity index is 3.05. The van der Waals surface area contributed by atoms with Crippen LogP contribution in [0.15, 0.2) is 12.2 Å². The lowest BCUT2D eigenvalue weighted by Gasteiger charge is -1.99. The summed E-state index contributed by atoms with van der Waals surface area (Å²) in [7, 11) is 1.45. The minimum Gasteiger partial charge on any atom is -0.469 e. The average Bonchev–Trinajstić information content (AvgIpc) is 2.26. The van der Waals surface area contributed by atoms with E-state index >= 15 is 0 Å². The van der Waals surface area contributed by atoms with Crippen LogP contribution in [0.2, 0.25) is 0 Å². The first-order valence-corrected chi connectivity index (χ1v) is 6.03. The molecule has 0 aliphatic rings. The van der Waals surface area contributed by atoms with Crippen LogP contribution in [-0.4, -0.2) is 13.1 Å². The number of rotatable bonds is 9. The highest BCUT2D eigenvalue weighted by molar-refractivity contribution is 5.68. The molecular weight excluding hydrogens is 188 g/mol. The Morgan fingerprint density at radius 1 is 1.07 bits per heavy atom. The van der Waals surface area contributed by atoms with Crippen molar-refractivity contribution >= 4 is 5.97 Å². The smallest absolute Gasteiger partial charge is 0.305 e. The molecule has 2 nitrogen and oxygen atoms in total. The van der Waals surface area contributed by atoms with Crippen LogP contribution >= 0.6 is 0 Å². The number of methoxy groups -OCH3 is 1. The molecule has 0 radical (unpaired) electrons. The van der Waals surface area contributed by atoms with E-state index < -0.39 is 0 Å². The molecule has 15 heavy (non-hydrogen) atoms. The maximum absolute atomic E-state index is 10.8. The zero-order chi connectivity index (χ0) is 11.4. The van der Waals surface area contributed by atoms with Crippen molar-refractivity contribution in [3.05, 3.63) is 12.2 Å². The van der Waals surface area contributed by atoms with E-state index in [1.54, 1.807) is 0 Å². The lowest BCUT2D eigenvalue weighted by molar-refractivity contribution is -0.140. The molecule has 0 N–H and O–H groups in total. The lowest BCUT2D eigenvalue weighted by atomic mass is 10.1. The van der Waals surface area contributed by atoms with Gasteiger partial charge in [-0.25, -0.2) is 0 Å². The van der Waals surface area contributed by atoms with Gasteiger partial charge in [-0.3, -0.25) is 4.79 Å². The second kappa shape index (κ2) is 11.3. The molecule has 0 fully saturated rings.